The molecule has 8 heteroatoms. The fourth-order valence-corrected chi connectivity index (χ4v) is 3.82. The number of benzene rings is 2. The Kier molecular flexibility index (Phi) is 7.59. The van der Waals surface area contributed by atoms with Crippen molar-refractivity contribution in [2.45, 2.75) is 38.3 Å². The summed E-state index contributed by atoms with van der Waals surface area (Å²) in [5, 5.41) is 11.7. The number of urea groups is 2. The summed E-state index contributed by atoms with van der Waals surface area (Å²) in [5.41, 5.74) is 1.22. The number of anilines is 2. The molecule has 0 heterocycles. The Balaban J connectivity index is 1.54. The SMILES string of the molecule is COc1ccccc1NC(=O)N[C@H]1CC[C@@H](C)[C@@H](NC(=O)Nc2ccccc2OC)C1. The van der Waals surface area contributed by atoms with Crippen LogP contribution in [0.4, 0.5) is 21.0 Å². The molecule has 2 aromatic carbocycles. The van der Waals surface area contributed by atoms with Crippen LogP contribution in [0.2, 0.25) is 0 Å². The second-order valence-corrected chi connectivity index (χ2v) is 7.69. The van der Waals surface area contributed by atoms with Gasteiger partial charge in [0.05, 0.1) is 25.6 Å². The Morgan fingerprint density at radius 3 is 1.87 bits per heavy atom. The van der Waals surface area contributed by atoms with Gasteiger partial charge in [-0.15, -0.1) is 0 Å². The minimum atomic E-state index is -0.291. The molecule has 0 aromatic heterocycles. The summed E-state index contributed by atoms with van der Waals surface area (Å²) >= 11 is 0. The second kappa shape index (κ2) is 10.6. The number of carbonyl (C=O) groups is 2. The molecular formula is C23H30N4O4. The molecule has 0 unspecified atom stereocenters. The van der Waals surface area contributed by atoms with Crippen LogP contribution in [0.15, 0.2) is 48.5 Å². The van der Waals surface area contributed by atoms with Crippen LogP contribution in [0, 0.1) is 5.92 Å². The summed E-state index contributed by atoms with van der Waals surface area (Å²) in [4.78, 5) is 25.0. The first-order chi connectivity index (χ1) is 15.0. The van der Waals surface area contributed by atoms with Crippen LogP contribution >= 0.6 is 0 Å². The summed E-state index contributed by atoms with van der Waals surface area (Å²) < 4.78 is 10.5. The third-order valence-electron chi connectivity index (χ3n) is 5.56. The van der Waals surface area contributed by atoms with Crippen molar-refractivity contribution in [2.75, 3.05) is 24.9 Å². The van der Waals surface area contributed by atoms with Crippen LogP contribution in [0.3, 0.4) is 0 Å². The van der Waals surface area contributed by atoms with Crippen molar-refractivity contribution >= 4 is 23.4 Å². The lowest BCUT2D eigenvalue weighted by Crippen LogP contribution is -2.50. The van der Waals surface area contributed by atoms with Gasteiger partial charge < -0.3 is 30.7 Å². The van der Waals surface area contributed by atoms with Crippen molar-refractivity contribution in [3.8, 4) is 11.5 Å². The third kappa shape index (κ3) is 6.04. The van der Waals surface area contributed by atoms with Gasteiger partial charge in [0, 0.05) is 12.1 Å². The molecule has 1 saturated carbocycles. The maximum absolute atomic E-state index is 12.5. The number of hydrogen-bond donors (Lipinski definition) is 4. The Bertz CT molecular complexity index is 905. The van der Waals surface area contributed by atoms with E-state index in [9.17, 15) is 9.59 Å². The number of ether oxygens (including phenoxy) is 2. The van der Waals surface area contributed by atoms with E-state index in [4.69, 9.17) is 9.47 Å². The normalized spacial score (nSPS) is 20.3. The summed E-state index contributed by atoms with van der Waals surface area (Å²) in [6.45, 7) is 2.11. The van der Waals surface area contributed by atoms with Gasteiger partial charge in [-0.25, -0.2) is 9.59 Å². The summed E-state index contributed by atoms with van der Waals surface area (Å²) in [6, 6.07) is 13.8. The largest absolute Gasteiger partial charge is 0.495 e. The smallest absolute Gasteiger partial charge is 0.319 e. The molecule has 0 spiro atoms. The Morgan fingerprint density at radius 2 is 1.32 bits per heavy atom. The molecular weight excluding hydrogens is 396 g/mol. The van der Waals surface area contributed by atoms with E-state index >= 15 is 0 Å². The van der Waals surface area contributed by atoms with Crippen molar-refractivity contribution in [3.63, 3.8) is 0 Å². The number of nitrogens with one attached hydrogen (secondary N) is 4. The zero-order chi connectivity index (χ0) is 22.2. The standard InChI is InChI=1S/C23H30N4O4/c1-15-12-13-16(24-22(28)25-17-8-4-6-10-20(17)30-2)14-19(15)27-23(29)26-18-9-5-7-11-21(18)31-3/h4-11,15-16,19H,12-14H2,1-3H3,(H2,24,25,28)(H2,26,27,29)/t15-,16+,19+/m1/s1. The van der Waals surface area contributed by atoms with E-state index in [0.29, 0.717) is 35.2 Å². The highest BCUT2D eigenvalue weighted by Gasteiger charge is 2.30. The predicted molar refractivity (Wildman–Crippen MR) is 121 cm³/mol. The molecule has 0 saturated heterocycles. The van der Waals surface area contributed by atoms with Gasteiger partial charge in [0.2, 0.25) is 0 Å². The molecule has 166 valence electrons. The minimum Gasteiger partial charge on any atom is -0.495 e. The van der Waals surface area contributed by atoms with Gasteiger partial charge in [-0.3, -0.25) is 0 Å². The maximum atomic E-state index is 12.5. The average Bonchev–Trinajstić information content (AvgIpc) is 2.76. The zero-order valence-corrected chi connectivity index (χ0v) is 18.1. The average molecular weight is 427 g/mol. The summed E-state index contributed by atoms with van der Waals surface area (Å²) in [5.74, 6) is 1.50. The lowest BCUT2D eigenvalue weighted by atomic mass is 9.83. The van der Waals surface area contributed by atoms with Gasteiger partial charge in [-0.1, -0.05) is 31.2 Å². The number of carbonyl (C=O) groups excluding carboxylic acids is 2. The second-order valence-electron chi connectivity index (χ2n) is 7.69. The summed E-state index contributed by atoms with van der Waals surface area (Å²) in [6.07, 6.45) is 2.41. The van der Waals surface area contributed by atoms with Gasteiger partial charge in [0.15, 0.2) is 0 Å². The van der Waals surface area contributed by atoms with Gasteiger partial charge in [-0.2, -0.15) is 0 Å². The molecule has 0 aliphatic heterocycles. The lowest BCUT2D eigenvalue weighted by molar-refractivity contribution is 0.213. The van der Waals surface area contributed by atoms with Crippen LogP contribution < -0.4 is 30.7 Å². The van der Waals surface area contributed by atoms with E-state index in [0.717, 1.165) is 12.8 Å². The molecule has 2 aromatic rings. The quantitative estimate of drug-likeness (QED) is 0.556. The lowest BCUT2D eigenvalue weighted by Gasteiger charge is -2.35. The maximum Gasteiger partial charge on any atom is 0.319 e. The first-order valence-electron chi connectivity index (χ1n) is 10.4. The first kappa shape index (κ1) is 22.3. The molecule has 4 amide bonds. The van der Waals surface area contributed by atoms with Gasteiger partial charge in [0.1, 0.15) is 11.5 Å². The summed E-state index contributed by atoms with van der Waals surface area (Å²) in [7, 11) is 3.13. The van der Waals surface area contributed by atoms with Crippen LogP contribution in [0.5, 0.6) is 11.5 Å². The molecule has 31 heavy (non-hydrogen) atoms. The van der Waals surface area contributed by atoms with Gasteiger partial charge >= 0.3 is 12.1 Å². The van der Waals surface area contributed by atoms with Gasteiger partial charge in [-0.05, 0) is 49.4 Å². The van der Waals surface area contributed by atoms with Crippen LogP contribution in [-0.2, 0) is 0 Å². The first-order valence-corrected chi connectivity index (χ1v) is 10.4. The van der Waals surface area contributed by atoms with E-state index in [1.54, 1.807) is 38.5 Å². The monoisotopic (exact) mass is 426 g/mol. The molecule has 4 N–H and O–H groups in total. The number of para-hydroxylation sites is 4. The third-order valence-corrected chi connectivity index (χ3v) is 5.56. The van der Waals surface area contributed by atoms with Crippen molar-refractivity contribution in [1.82, 2.24) is 10.6 Å². The number of rotatable bonds is 6. The molecule has 1 aliphatic carbocycles. The topological polar surface area (TPSA) is 101 Å². The molecule has 0 radical (unpaired) electrons. The number of hydrogen-bond acceptors (Lipinski definition) is 4. The van der Waals surface area contributed by atoms with Crippen LogP contribution in [0.25, 0.3) is 0 Å². The minimum absolute atomic E-state index is 0.0394. The highest BCUT2D eigenvalue weighted by atomic mass is 16.5. The fraction of sp³-hybridized carbons (Fsp3) is 0.391. The van der Waals surface area contributed by atoms with E-state index in [2.05, 4.69) is 28.2 Å². The van der Waals surface area contributed by atoms with Crippen molar-refractivity contribution in [3.05, 3.63) is 48.5 Å². The molecule has 1 fully saturated rings. The molecule has 8 nitrogen and oxygen atoms in total. The molecule has 3 rings (SSSR count). The Labute approximate surface area is 182 Å². The number of methoxy groups -OCH3 is 2. The predicted octanol–water partition coefficient (Wildman–Crippen LogP) is 4.20. The molecule has 0 bridgehead atoms. The van der Waals surface area contributed by atoms with E-state index in [-0.39, 0.29) is 24.1 Å². The Morgan fingerprint density at radius 1 is 0.806 bits per heavy atom. The van der Waals surface area contributed by atoms with Crippen molar-refractivity contribution < 1.29 is 19.1 Å². The van der Waals surface area contributed by atoms with Crippen molar-refractivity contribution in [2.24, 2.45) is 5.92 Å². The highest BCUT2D eigenvalue weighted by molar-refractivity contribution is 5.92. The Hall–Kier alpha value is -3.42. The van der Waals surface area contributed by atoms with Crippen molar-refractivity contribution in [1.29, 1.82) is 0 Å². The number of amides is 4. The van der Waals surface area contributed by atoms with Gasteiger partial charge in [0.25, 0.3) is 0 Å². The molecule has 3 atom stereocenters. The van der Waals surface area contributed by atoms with Crippen LogP contribution in [-0.4, -0.2) is 38.4 Å². The highest BCUT2D eigenvalue weighted by Crippen LogP contribution is 2.27. The fourth-order valence-electron chi connectivity index (χ4n) is 3.82. The van der Waals surface area contributed by atoms with E-state index < -0.39 is 0 Å². The van der Waals surface area contributed by atoms with E-state index in [1.165, 1.54) is 0 Å². The van der Waals surface area contributed by atoms with E-state index in [1.807, 2.05) is 24.3 Å². The molecule has 1 aliphatic rings. The zero-order valence-electron chi connectivity index (χ0n) is 18.1. The van der Waals surface area contributed by atoms with Crippen LogP contribution in [0.1, 0.15) is 26.2 Å².